The second kappa shape index (κ2) is 10.8. The van der Waals surface area contributed by atoms with Crippen LogP contribution in [0.5, 0.6) is 5.75 Å². The number of halogens is 2. The van der Waals surface area contributed by atoms with Gasteiger partial charge < -0.3 is 19.5 Å². The highest BCUT2D eigenvalue weighted by atomic mass is 19.1. The van der Waals surface area contributed by atoms with Gasteiger partial charge in [-0.25, -0.2) is 13.6 Å². The van der Waals surface area contributed by atoms with Gasteiger partial charge in [0.2, 0.25) is 0 Å². The molecule has 0 spiro atoms. The fourth-order valence-corrected chi connectivity index (χ4v) is 4.45. The fourth-order valence-electron chi connectivity index (χ4n) is 4.45. The molecule has 0 aliphatic rings. The lowest BCUT2D eigenvalue weighted by atomic mass is 10.1. The van der Waals surface area contributed by atoms with Gasteiger partial charge in [-0.15, -0.1) is 0 Å². The number of hydrogen-bond acceptors (Lipinski definition) is 3. The van der Waals surface area contributed by atoms with Crippen LogP contribution in [-0.2, 0) is 6.54 Å². The molecule has 0 bridgehead atoms. The molecule has 2 amide bonds. The third-order valence-electron chi connectivity index (χ3n) is 6.18. The zero-order chi connectivity index (χ0) is 26.7. The summed E-state index contributed by atoms with van der Waals surface area (Å²) in [6.07, 6.45) is 1.29. The molecule has 0 fully saturated rings. The molecule has 1 aromatic heterocycles. The number of carbonyl (C=O) groups excluding carboxylic acids is 2. The highest BCUT2D eigenvalue weighted by Crippen LogP contribution is 2.35. The normalized spacial score (nSPS) is 11.0. The topological polar surface area (TPSA) is 63.6 Å². The molecule has 0 radical (unpaired) electrons. The Balaban J connectivity index is 1.77. The maximum Gasteiger partial charge on any atom is 0.415 e. The molecule has 8 heteroatoms. The van der Waals surface area contributed by atoms with Crippen LogP contribution in [0.1, 0.15) is 40.9 Å². The van der Waals surface area contributed by atoms with Gasteiger partial charge >= 0.3 is 6.09 Å². The summed E-state index contributed by atoms with van der Waals surface area (Å²) in [5.74, 6) is -2.34. The van der Waals surface area contributed by atoms with Crippen molar-refractivity contribution >= 4 is 28.6 Å². The van der Waals surface area contributed by atoms with E-state index in [1.165, 1.54) is 4.90 Å². The number of anilines is 1. The van der Waals surface area contributed by atoms with E-state index < -0.39 is 29.2 Å². The Morgan fingerprint density at radius 3 is 2.32 bits per heavy atom. The molecule has 3 aromatic carbocycles. The summed E-state index contributed by atoms with van der Waals surface area (Å²) in [6, 6.07) is 14.2. The summed E-state index contributed by atoms with van der Waals surface area (Å²) >= 11 is 0. The molecule has 4 rings (SSSR count). The third kappa shape index (κ3) is 5.63. The number of aromatic nitrogens is 1. The first-order valence-corrected chi connectivity index (χ1v) is 12.1. The van der Waals surface area contributed by atoms with Gasteiger partial charge in [-0.05, 0) is 69.7 Å². The van der Waals surface area contributed by atoms with Crippen LogP contribution in [0.25, 0.3) is 10.9 Å². The van der Waals surface area contributed by atoms with Crippen LogP contribution in [0.3, 0.4) is 0 Å². The van der Waals surface area contributed by atoms with E-state index in [9.17, 15) is 18.4 Å². The van der Waals surface area contributed by atoms with Crippen LogP contribution in [-0.4, -0.2) is 34.6 Å². The Hall–Kier alpha value is -4.20. The summed E-state index contributed by atoms with van der Waals surface area (Å²) in [7, 11) is 0. The largest absolute Gasteiger partial charge is 0.415 e. The number of fused-ring (bicyclic) bond motifs is 1. The predicted molar refractivity (Wildman–Crippen MR) is 140 cm³/mol. The summed E-state index contributed by atoms with van der Waals surface area (Å²) in [5.41, 5.74) is 3.94. The van der Waals surface area contributed by atoms with Crippen LogP contribution in [0.2, 0.25) is 0 Å². The van der Waals surface area contributed by atoms with E-state index in [4.69, 9.17) is 4.74 Å². The Labute approximate surface area is 214 Å². The van der Waals surface area contributed by atoms with E-state index >= 15 is 0 Å². The molecule has 0 aliphatic heterocycles. The predicted octanol–water partition coefficient (Wildman–Crippen LogP) is 6.68. The van der Waals surface area contributed by atoms with Gasteiger partial charge in [0.15, 0.2) is 5.75 Å². The molecule has 192 valence electrons. The van der Waals surface area contributed by atoms with Crippen LogP contribution in [0, 0.1) is 25.5 Å². The van der Waals surface area contributed by atoms with Crippen LogP contribution >= 0.6 is 0 Å². The van der Waals surface area contributed by atoms with Crippen molar-refractivity contribution in [2.45, 2.75) is 34.2 Å². The number of nitrogens with one attached hydrogen (secondary N) is 1. The average molecular weight is 506 g/mol. The monoisotopic (exact) mass is 505 g/mol. The first kappa shape index (κ1) is 25.9. The number of amides is 2. The number of rotatable bonds is 7. The number of hydrogen-bond donors (Lipinski definition) is 1. The molecule has 37 heavy (non-hydrogen) atoms. The SMILES string of the molecule is CCN(CC)C(=O)Oc1ccc2c(ccn2Cc2cc(C)cc(C)c2)c1NC(=O)c1cc(F)ccc1F. The summed E-state index contributed by atoms with van der Waals surface area (Å²) < 4.78 is 35.7. The van der Waals surface area contributed by atoms with Crippen molar-refractivity contribution in [3.63, 3.8) is 0 Å². The fraction of sp³-hybridized carbons (Fsp3) is 0.241. The van der Waals surface area contributed by atoms with Gasteiger partial charge in [-0.3, -0.25) is 4.79 Å². The number of ether oxygens (including phenoxy) is 1. The summed E-state index contributed by atoms with van der Waals surface area (Å²) in [6.45, 7) is 9.21. The van der Waals surface area contributed by atoms with Gasteiger partial charge in [0.25, 0.3) is 5.91 Å². The van der Waals surface area contributed by atoms with Crippen molar-refractivity contribution in [2.24, 2.45) is 0 Å². The lowest BCUT2D eigenvalue weighted by Crippen LogP contribution is -2.33. The zero-order valence-electron chi connectivity index (χ0n) is 21.3. The molecule has 0 aliphatic carbocycles. The number of carbonyl (C=O) groups is 2. The highest BCUT2D eigenvalue weighted by molar-refractivity contribution is 6.10. The third-order valence-corrected chi connectivity index (χ3v) is 6.18. The van der Waals surface area contributed by atoms with Gasteiger partial charge in [-0.1, -0.05) is 29.3 Å². The van der Waals surface area contributed by atoms with Crippen molar-refractivity contribution in [1.82, 2.24) is 9.47 Å². The molecule has 0 atom stereocenters. The van der Waals surface area contributed by atoms with Gasteiger partial charge in [0, 0.05) is 31.2 Å². The Morgan fingerprint density at radius 1 is 0.946 bits per heavy atom. The molecule has 0 saturated carbocycles. The molecule has 1 N–H and O–H groups in total. The van der Waals surface area contributed by atoms with Crippen molar-refractivity contribution in [3.8, 4) is 5.75 Å². The van der Waals surface area contributed by atoms with Crippen LogP contribution < -0.4 is 10.1 Å². The van der Waals surface area contributed by atoms with Gasteiger partial charge in [-0.2, -0.15) is 0 Å². The Morgan fingerprint density at radius 2 is 1.65 bits per heavy atom. The van der Waals surface area contributed by atoms with Crippen molar-refractivity contribution in [1.29, 1.82) is 0 Å². The molecule has 1 heterocycles. The van der Waals surface area contributed by atoms with Crippen LogP contribution in [0.15, 0.2) is 60.8 Å². The quantitative estimate of drug-likeness (QED) is 0.305. The van der Waals surface area contributed by atoms with E-state index in [1.54, 1.807) is 18.2 Å². The smallest absolute Gasteiger partial charge is 0.408 e. The zero-order valence-corrected chi connectivity index (χ0v) is 21.3. The maximum atomic E-state index is 14.3. The Bertz CT molecular complexity index is 1450. The molecule has 4 aromatic rings. The van der Waals surface area contributed by atoms with Crippen molar-refractivity contribution in [2.75, 3.05) is 18.4 Å². The highest BCUT2D eigenvalue weighted by Gasteiger charge is 2.21. The summed E-state index contributed by atoms with van der Waals surface area (Å²) in [5, 5.41) is 3.26. The van der Waals surface area contributed by atoms with E-state index in [0.29, 0.717) is 25.0 Å². The maximum absolute atomic E-state index is 14.3. The second-order valence-electron chi connectivity index (χ2n) is 8.93. The number of aryl methyl sites for hydroxylation is 2. The summed E-state index contributed by atoms with van der Waals surface area (Å²) in [4.78, 5) is 27.2. The van der Waals surface area contributed by atoms with E-state index in [-0.39, 0.29) is 11.4 Å². The molecule has 6 nitrogen and oxygen atoms in total. The van der Waals surface area contributed by atoms with Crippen molar-refractivity contribution < 1.29 is 23.1 Å². The molecular formula is C29H29F2N3O3. The minimum atomic E-state index is -0.861. The minimum Gasteiger partial charge on any atom is -0.408 e. The van der Waals surface area contributed by atoms with E-state index in [0.717, 1.165) is 40.4 Å². The molecule has 0 unspecified atom stereocenters. The number of benzene rings is 3. The van der Waals surface area contributed by atoms with Crippen LogP contribution in [0.4, 0.5) is 19.3 Å². The lowest BCUT2D eigenvalue weighted by Gasteiger charge is -2.20. The standard InChI is InChI=1S/C29H29F2N3O3/c1-5-33(6-2)29(36)37-26-10-9-25-22(11-12-34(25)17-20-14-18(3)13-19(4)15-20)27(26)32-28(35)23-16-21(30)7-8-24(23)31/h7-16H,5-6,17H2,1-4H3,(H,32,35). The molecule has 0 saturated heterocycles. The average Bonchev–Trinajstić information content (AvgIpc) is 3.25. The second-order valence-corrected chi connectivity index (χ2v) is 8.93. The lowest BCUT2D eigenvalue weighted by molar-refractivity contribution is 0.102. The van der Waals surface area contributed by atoms with Gasteiger partial charge in [0.1, 0.15) is 11.6 Å². The first-order valence-electron chi connectivity index (χ1n) is 12.1. The van der Waals surface area contributed by atoms with E-state index in [1.807, 2.05) is 38.5 Å². The Kier molecular flexibility index (Phi) is 7.57. The van der Waals surface area contributed by atoms with Gasteiger partial charge in [0.05, 0.1) is 16.8 Å². The van der Waals surface area contributed by atoms with Crippen molar-refractivity contribution in [3.05, 3.63) is 94.7 Å². The number of nitrogens with zero attached hydrogens (tertiary/aromatic N) is 2. The minimum absolute atomic E-state index is 0.110. The van der Waals surface area contributed by atoms with E-state index in [2.05, 4.69) is 23.5 Å². The molecular weight excluding hydrogens is 476 g/mol. The first-order chi connectivity index (χ1) is 17.7.